The van der Waals surface area contributed by atoms with Gasteiger partial charge < -0.3 is 14.6 Å². The van der Waals surface area contributed by atoms with Gasteiger partial charge in [0.15, 0.2) is 0 Å². The van der Waals surface area contributed by atoms with Crippen molar-refractivity contribution in [1.82, 2.24) is 0 Å². The summed E-state index contributed by atoms with van der Waals surface area (Å²) in [5.74, 6) is 0.288. The highest BCUT2D eigenvalue weighted by Gasteiger charge is 2.39. The molecule has 1 amide bonds. The van der Waals surface area contributed by atoms with Crippen LogP contribution >= 0.6 is 0 Å². The van der Waals surface area contributed by atoms with Crippen molar-refractivity contribution in [3.8, 4) is 11.8 Å². The van der Waals surface area contributed by atoms with E-state index < -0.39 is 17.8 Å². The first-order valence-corrected chi connectivity index (χ1v) is 11.0. The number of amides is 1. The van der Waals surface area contributed by atoms with E-state index in [1.807, 2.05) is 63.2 Å². The molecule has 0 radical (unpaired) electrons. The van der Waals surface area contributed by atoms with Crippen molar-refractivity contribution in [2.24, 2.45) is 0 Å². The fourth-order valence-electron chi connectivity index (χ4n) is 4.21. The molecule has 6 nitrogen and oxygen atoms in total. The Morgan fingerprint density at radius 2 is 1.91 bits per heavy atom. The molecule has 0 unspecified atom stereocenters. The van der Waals surface area contributed by atoms with E-state index in [4.69, 9.17) is 9.47 Å². The molecular weight excluding hydrogens is 416 g/mol. The highest BCUT2D eigenvalue weighted by molar-refractivity contribution is 6.02. The van der Waals surface area contributed by atoms with Crippen LogP contribution in [0.25, 0.3) is 10.8 Å². The van der Waals surface area contributed by atoms with Gasteiger partial charge in [-0.25, -0.2) is 4.79 Å². The van der Waals surface area contributed by atoms with Gasteiger partial charge >= 0.3 is 6.09 Å². The lowest BCUT2D eigenvalue weighted by atomic mass is 9.90. The molecule has 0 fully saturated rings. The number of nitriles is 1. The SMILES string of the molecule is C[C@@H](O)[C@@H]1CN(C(=O)OC(C)(C)C)c2cc(OCc3ccccc3)c3cc(C#N)ccc3c21. The second kappa shape index (κ2) is 8.76. The molecule has 4 rings (SSSR count). The zero-order chi connectivity index (χ0) is 23.8. The van der Waals surface area contributed by atoms with Gasteiger partial charge in [-0.3, -0.25) is 4.90 Å². The Morgan fingerprint density at radius 1 is 1.18 bits per heavy atom. The predicted octanol–water partition coefficient (Wildman–Crippen LogP) is 5.51. The second-order valence-corrected chi connectivity index (χ2v) is 9.39. The number of aliphatic hydroxyl groups excluding tert-OH is 1. The third-order valence-corrected chi connectivity index (χ3v) is 5.72. The molecule has 0 aromatic heterocycles. The Kier molecular flexibility index (Phi) is 6.01. The van der Waals surface area contributed by atoms with E-state index in [-0.39, 0.29) is 5.92 Å². The number of benzene rings is 3. The van der Waals surface area contributed by atoms with Gasteiger partial charge in [-0.1, -0.05) is 36.4 Å². The van der Waals surface area contributed by atoms with Crippen LogP contribution < -0.4 is 9.64 Å². The van der Waals surface area contributed by atoms with Gasteiger partial charge in [0.25, 0.3) is 0 Å². The van der Waals surface area contributed by atoms with E-state index in [0.29, 0.717) is 30.2 Å². The van der Waals surface area contributed by atoms with Crippen molar-refractivity contribution < 1.29 is 19.4 Å². The van der Waals surface area contributed by atoms with Crippen LogP contribution in [0.3, 0.4) is 0 Å². The van der Waals surface area contributed by atoms with Gasteiger partial charge in [-0.15, -0.1) is 0 Å². The molecular formula is C27H28N2O4. The van der Waals surface area contributed by atoms with Crippen LogP contribution in [-0.2, 0) is 11.3 Å². The molecule has 1 aliphatic rings. The van der Waals surface area contributed by atoms with Gasteiger partial charge in [-0.05, 0) is 56.3 Å². The first-order chi connectivity index (χ1) is 15.7. The fourth-order valence-corrected chi connectivity index (χ4v) is 4.21. The van der Waals surface area contributed by atoms with Crippen LogP contribution in [0.1, 0.15) is 50.3 Å². The monoisotopic (exact) mass is 444 g/mol. The standard InChI is InChI=1S/C27H28N2O4/c1-17(30)22-15-29(26(31)33-27(2,3)4)23-13-24(32-16-18-8-6-5-7-9-18)21-12-19(14-28)10-11-20(21)25(22)23/h5-13,17,22,30H,15-16H2,1-4H3/t17-,22+/m1/s1. The fraction of sp³-hybridized carbons (Fsp3) is 0.333. The van der Waals surface area contributed by atoms with Crippen molar-refractivity contribution in [1.29, 1.82) is 5.26 Å². The minimum Gasteiger partial charge on any atom is -0.488 e. The number of nitrogens with zero attached hydrogens (tertiary/aromatic N) is 2. The van der Waals surface area contributed by atoms with Crippen LogP contribution in [0.5, 0.6) is 5.75 Å². The van der Waals surface area contributed by atoms with E-state index in [1.54, 1.807) is 24.0 Å². The van der Waals surface area contributed by atoms with Crippen LogP contribution in [-0.4, -0.2) is 29.4 Å². The summed E-state index contributed by atoms with van der Waals surface area (Å²) in [7, 11) is 0. The van der Waals surface area contributed by atoms with E-state index in [2.05, 4.69) is 6.07 Å². The highest BCUT2D eigenvalue weighted by Crippen LogP contribution is 2.47. The third kappa shape index (κ3) is 4.64. The van der Waals surface area contributed by atoms with Gasteiger partial charge in [0.05, 0.1) is 23.4 Å². The van der Waals surface area contributed by atoms with Crippen LogP contribution in [0.2, 0.25) is 0 Å². The average molecular weight is 445 g/mol. The number of carbonyl (C=O) groups is 1. The first-order valence-electron chi connectivity index (χ1n) is 11.0. The number of fused-ring (bicyclic) bond motifs is 3. The minimum absolute atomic E-state index is 0.286. The van der Waals surface area contributed by atoms with Gasteiger partial charge in [-0.2, -0.15) is 5.26 Å². The number of hydrogen-bond donors (Lipinski definition) is 1. The summed E-state index contributed by atoms with van der Waals surface area (Å²) in [6, 6.07) is 19.2. The molecule has 3 aromatic rings. The zero-order valence-corrected chi connectivity index (χ0v) is 19.3. The Morgan fingerprint density at radius 3 is 2.55 bits per heavy atom. The molecule has 1 aliphatic heterocycles. The summed E-state index contributed by atoms with van der Waals surface area (Å²) in [6.45, 7) is 7.85. The smallest absolute Gasteiger partial charge is 0.414 e. The summed E-state index contributed by atoms with van der Waals surface area (Å²) in [5, 5.41) is 21.6. The highest BCUT2D eigenvalue weighted by atomic mass is 16.6. The topological polar surface area (TPSA) is 82.8 Å². The molecule has 33 heavy (non-hydrogen) atoms. The number of aliphatic hydroxyl groups is 1. The normalized spacial score (nSPS) is 16.2. The number of anilines is 1. The lowest BCUT2D eigenvalue weighted by Gasteiger charge is -2.25. The Labute approximate surface area is 194 Å². The second-order valence-electron chi connectivity index (χ2n) is 9.39. The molecule has 1 N–H and O–H groups in total. The number of hydrogen-bond acceptors (Lipinski definition) is 5. The molecule has 0 spiro atoms. The van der Waals surface area contributed by atoms with Gasteiger partial charge in [0, 0.05) is 23.9 Å². The third-order valence-electron chi connectivity index (χ3n) is 5.72. The maximum atomic E-state index is 13.1. The van der Waals surface area contributed by atoms with E-state index in [1.165, 1.54) is 0 Å². The first kappa shape index (κ1) is 22.6. The summed E-state index contributed by atoms with van der Waals surface area (Å²) in [4.78, 5) is 14.6. The van der Waals surface area contributed by atoms with Crippen molar-refractivity contribution in [3.63, 3.8) is 0 Å². The minimum atomic E-state index is -0.675. The maximum absolute atomic E-state index is 13.1. The van der Waals surface area contributed by atoms with Gasteiger partial charge in [0.2, 0.25) is 0 Å². The molecule has 0 saturated heterocycles. The summed E-state index contributed by atoms with van der Waals surface area (Å²) < 4.78 is 11.8. The largest absolute Gasteiger partial charge is 0.488 e. The summed E-state index contributed by atoms with van der Waals surface area (Å²) in [6.07, 6.45) is -1.14. The Balaban J connectivity index is 1.85. The van der Waals surface area contributed by atoms with E-state index >= 15 is 0 Å². The van der Waals surface area contributed by atoms with E-state index in [0.717, 1.165) is 21.9 Å². The molecule has 0 bridgehead atoms. The van der Waals surface area contributed by atoms with Crippen LogP contribution in [0, 0.1) is 11.3 Å². The maximum Gasteiger partial charge on any atom is 0.414 e. The molecule has 3 aromatic carbocycles. The summed E-state index contributed by atoms with van der Waals surface area (Å²) in [5.41, 5.74) is 2.40. The quantitative estimate of drug-likeness (QED) is 0.574. The van der Waals surface area contributed by atoms with Crippen molar-refractivity contribution in [2.45, 2.75) is 51.9 Å². The molecule has 1 heterocycles. The molecule has 6 heteroatoms. The van der Waals surface area contributed by atoms with Crippen molar-refractivity contribution >= 4 is 22.6 Å². The van der Waals surface area contributed by atoms with Crippen LogP contribution in [0.4, 0.5) is 10.5 Å². The molecule has 0 saturated carbocycles. The van der Waals surface area contributed by atoms with Crippen molar-refractivity contribution in [3.05, 3.63) is 71.3 Å². The van der Waals surface area contributed by atoms with E-state index in [9.17, 15) is 15.2 Å². The predicted molar refractivity (Wildman–Crippen MR) is 127 cm³/mol. The molecule has 0 aliphatic carbocycles. The number of rotatable bonds is 4. The number of carbonyl (C=O) groups excluding carboxylic acids is 1. The van der Waals surface area contributed by atoms with Crippen LogP contribution in [0.15, 0.2) is 54.6 Å². The molecule has 2 atom stereocenters. The van der Waals surface area contributed by atoms with Gasteiger partial charge in [0.1, 0.15) is 18.0 Å². The summed E-state index contributed by atoms with van der Waals surface area (Å²) >= 11 is 0. The Bertz CT molecular complexity index is 1220. The molecule has 170 valence electrons. The Hall–Kier alpha value is -3.56. The zero-order valence-electron chi connectivity index (χ0n) is 19.3. The lowest BCUT2D eigenvalue weighted by Crippen LogP contribution is -2.37. The lowest BCUT2D eigenvalue weighted by molar-refractivity contribution is 0.0577. The number of ether oxygens (including phenoxy) is 2. The average Bonchev–Trinajstić information content (AvgIpc) is 3.17. The van der Waals surface area contributed by atoms with Crippen molar-refractivity contribution in [2.75, 3.05) is 11.4 Å².